The van der Waals surface area contributed by atoms with Crippen molar-refractivity contribution >= 4 is 11.8 Å². The van der Waals surface area contributed by atoms with E-state index in [0.29, 0.717) is 19.7 Å². The van der Waals surface area contributed by atoms with Crippen molar-refractivity contribution in [2.75, 3.05) is 31.1 Å². The number of anilines is 1. The third kappa shape index (κ3) is 3.04. The molecule has 0 aromatic heterocycles. The maximum atomic E-state index is 11.8. The molecule has 1 N–H and O–H groups in total. The van der Waals surface area contributed by atoms with Gasteiger partial charge in [0.05, 0.1) is 17.8 Å². The van der Waals surface area contributed by atoms with E-state index in [9.17, 15) is 9.90 Å². The number of nitrogens with zero attached hydrogens (tertiary/aromatic N) is 2. The van der Waals surface area contributed by atoms with Gasteiger partial charge in [0, 0.05) is 19.6 Å². The molecule has 1 aromatic carbocycles. The average Bonchev–Trinajstić information content (AvgIpc) is 2.82. The normalized spacial score (nSPS) is 19.6. The lowest BCUT2D eigenvalue weighted by atomic mass is 9.96. The second-order valence-electron chi connectivity index (χ2n) is 6.45. The molecule has 2 aliphatic rings. The Balaban J connectivity index is 1.83. The summed E-state index contributed by atoms with van der Waals surface area (Å²) in [5, 5.41) is 9.97. The van der Waals surface area contributed by atoms with Crippen LogP contribution in [0.25, 0.3) is 0 Å². The summed E-state index contributed by atoms with van der Waals surface area (Å²) in [6.07, 6.45) is 0.646. The predicted octanol–water partition coefficient (Wildman–Crippen LogP) is 1.77. The lowest BCUT2D eigenvalue weighted by Gasteiger charge is -2.34. The van der Waals surface area contributed by atoms with Crippen LogP contribution in [0.5, 0.6) is 0 Å². The smallest absolute Gasteiger partial charge is 0.414 e. The van der Waals surface area contributed by atoms with Gasteiger partial charge in [-0.2, -0.15) is 0 Å². The second-order valence-corrected chi connectivity index (χ2v) is 6.45. The molecule has 3 rings (SSSR count). The molecule has 0 bridgehead atoms. The largest absolute Gasteiger partial charge is 0.447 e. The van der Waals surface area contributed by atoms with Gasteiger partial charge in [0.2, 0.25) is 0 Å². The van der Waals surface area contributed by atoms with Crippen LogP contribution in [0.1, 0.15) is 25.0 Å². The molecule has 114 valence electrons. The zero-order valence-electron chi connectivity index (χ0n) is 12.6. The third-order valence-electron chi connectivity index (χ3n) is 3.98. The fourth-order valence-corrected chi connectivity index (χ4v) is 3.20. The first kappa shape index (κ1) is 14.4. The molecule has 0 spiro atoms. The number of ether oxygens (including phenoxy) is 1. The van der Waals surface area contributed by atoms with Crippen molar-refractivity contribution in [2.45, 2.75) is 32.4 Å². The lowest BCUT2D eigenvalue weighted by Crippen LogP contribution is -2.41. The Morgan fingerprint density at radius 2 is 2.14 bits per heavy atom. The zero-order chi connectivity index (χ0) is 15.0. The van der Waals surface area contributed by atoms with E-state index in [1.54, 1.807) is 4.90 Å². The van der Waals surface area contributed by atoms with Crippen molar-refractivity contribution in [3.8, 4) is 0 Å². The lowest BCUT2D eigenvalue weighted by molar-refractivity contribution is 0.0318. The molecule has 1 aromatic rings. The number of carbonyl (C=O) groups excluding carboxylic acids is 1. The van der Waals surface area contributed by atoms with Gasteiger partial charge in [0.15, 0.2) is 0 Å². The van der Waals surface area contributed by atoms with Crippen LogP contribution < -0.4 is 4.90 Å². The molecule has 1 saturated heterocycles. The van der Waals surface area contributed by atoms with E-state index in [-0.39, 0.29) is 6.09 Å². The topological polar surface area (TPSA) is 53.0 Å². The highest BCUT2D eigenvalue weighted by atomic mass is 16.6. The maximum absolute atomic E-state index is 11.8. The van der Waals surface area contributed by atoms with Crippen LogP contribution in [0.4, 0.5) is 10.5 Å². The van der Waals surface area contributed by atoms with Crippen LogP contribution in [0.2, 0.25) is 0 Å². The van der Waals surface area contributed by atoms with E-state index in [1.165, 1.54) is 11.1 Å². The van der Waals surface area contributed by atoms with Gasteiger partial charge in [-0.15, -0.1) is 0 Å². The number of β-amino-alcohol motifs (C(OH)–C–C–N with tert-alkyl or cyclic N) is 1. The van der Waals surface area contributed by atoms with Gasteiger partial charge in [-0.05, 0) is 37.5 Å². The Morgan fingerprint density at radius 1 is 1.33 bits per heavy atom. The number of amides is 1. The van der Waals surface area contributed by atoms with E-state index in [2.05, 4.69) is 11.0 Å². The van der Waals surface area contributed by atoms with Gasteiger partial charge in [-0.25, -0.2) is 4.79 Å². The quantitative estimate of drug-likeness (QED) is 0.922. The molecule has 0 atom stereocenters. The zero-order valence-corrected chi connectivity index (χ0v) is 12.6. The summed E-state index contributed by atoms with van der Waals surface area (Å²) >= 11 is 0. The van der Waals surface area contributed by atoms with Crippen molar-refractivity contribution in [1.82, 2.24) is 4.90 Å². The van der Waals surface area contributed by atoms with Crippen LogP contribution in [0.15, 0.2) is 18.2 Å². The van der Waals surface area contributed by atoms with Crippen molar-refractivity contribution in [2.24, 2.45) is 0 Å². The van der Waals surface area contributed by atoms with Gasteiger partial charge in [0.25, 0.3) is 0 Å². The second kappa shape index (κ2) is 5.31. The predicted molar refractivity (Wildman–Crippen MR) is 80.4 cm³/mol. The highest BCUT2D eigenvalue weighted by Crippen LogP contribution is 2.31. The minimum atomic E-state index is -0.687. The summed E-state index contributed by atoms with van der Waals surface area (Å²) in [6, 6.07) is 6.10. The van der Waals surface area contributed by atoms with Gasteiger partial charge in [-0.1, -0.05) is 12.1 Å². The molecule has 5 nitrogen and oxygen atoms in total. The average molecular weight is 290 g/mol. The Kier molecular flexibility index (Phi) is 3.63. The van der Waals surface area contributed by atoms with Crippen LogP contribution >= 0.6 is 0 Å². The van der Waals surface area contributed by atoms with Crippen LogP contribution in [-0.4, -0.2) is 47.9 Å². The Morgan fingerprint density at radius 3 is 2.81 bits per heavy atom. The van der Waals surface area contributed by atoms with Crippen LogP contribution in [0, 0.1) is 0 Å². The first-order valence-corrected chi connectivity index (χ1v) is 7.44. The first-order valence-electron chi connectivity index (χ1n) is 7.44. The van der Waals surface area contributed by atoms with Gasteiger partial charge in [-0.3, -0.25) is 9.80 Å². The minimum Gasteiger partial charge on any atom is -0.447 e. The number of rotatable bonds is 3. The number of benzene rings is 1. The fraction of sp³-hybridized carbons (Fsp3) is 0.562. The molecule has 2 heterocycles. The summed E-state index contributed by atoms with van der Waals surface area (Å²) < 4.78 is 5.04. The summed E-state index contributed by atoms with van der Waals surface area (Å²) in [5.41, 5.74) is 2.78. The molecule has 21 heavy (non-hydrogen) atoms. The molecule has 0 unspecified atom stereocenters. The number of hydrogen-bond donors (Lipinski definition) is 1. The summed E-state index contributed by atoms with van der Waals surface area (Å²) in [4.78, 5) is 15.8. The van der Waals surface area contributed by atoms with Crippen molar-refractivity contribution in [1.29, 1.82) is 0 Å². The molecule has 5 heteroatoms. The van der Waals surface area contributed by atoms with E-state index < -0.39 is 5.60 Å². The van der Waals surface area contributed by atoms with Gasteiger partial charge < -0.3 is 9.84 Å². The van der Waals surface area contributed by atoms with Crippen molar-refractivity contribution < 1.29 is 14.6 Å². The van der Waals surface area contributed by atoms with Gasteiger partial charge in [0.1, 0.15) is 6.61 Å². The number of fused-ring (bicyclic) bond motifs is 1. The standard InChI is InChI=1S/C16H22N2O3/c1-16(2,20)11-17-7-6-13-12(10-17)4-3-5-14(13)18-8-9-21-15(18)19/h3-5,20H,6-11H2,1-2H3. The Labute approximate surface area is 125 Å². The van der Waals surface area contributed by atoms with Crippen LogP contribution in [0.3, 0.4) is 0 Å². The molecule has 0 aliphatic carbocycles. The molecule has 0 radical (unpaired) electrons. The summed E-state index contributed by atoms with van der Waals surface area (Å²) in [7, 11) is 0. The SMILES string of the molecule is CC(C)(O)CN1CCc2c(cccc2N2CCOC2=O)C1. The molecular formula is C16H22N2O3. The Hall–Kier alpha value is -1.59. The molecular weight excluding hydrogens is 268 g/mol. The Bertz CT molecular complexity index is 551. The van der Waals surface area contributed by atoms with Crippen molar-refractivity contribution in [3.05, 3.63) is 29.3 Å². The maximum Gasteiger partial charge on any atom is 0.414 e. The van der Waals surface area contributed by atoms with Gasteiger partial charge >= 0.3 is 6.09 Å². The van der Waals surface area contributed by atoms with E-state index in [4.69, 9.17) is 4.74 Å². The number of carbonyl (C=O) groups is 1. The molecule has 1 amide bonds. The summed E-state index contributed by atoms with van der Waals surface area (Å²) in [5.74, 6) is 0. The fourth-order valence-electron chi connectivity index (χ4n) is 3.20. The molecule has 2 aliphatic heterocycles. The van der Waals surface area contributed by atoms with E-state index in [1.807, 2.05) is 26.0 Å². The third-order valence-corrected chi connectivity index (χ3v) is 3.98. The number of cyclic esters (lactones) is 1. The monoisotopic (exact) mass is 290 g/mol. The number of hydrogen-bond acceptors (Lipinski definition) is 4. The molecule has 0 saturated carbocycles. The number of aliphatic hydroxyl groups is 1. The highest BCUT2D eigenvalue weighted by molar-refractivity contribution is 5.90. The van der Waals surface area contributed by atoms with E-state index >= 15 is 0 Å². The van der Waals surface area contributed by atoms with Crippen LogP contribution in [-0.2, 0) is 17.7 Å². The minimum absolute atomic E-state index is 0.248. The van der Waals surface area contributed by atoms with Crippen molar-refractivity contribution in [3.63, 3.8) is 0 Å². The molecule has 1 fully saturated rings. The highest BCUT2D eigenvalue weighted by Gasteiger charge is 2.29. The van der Waals surface area contributed by atoms with E-state index in [0.717, 1.165) is 25.2 Å². The summed E-state index contributed by atoms with van der Waals surface area (Å²) in [6.45, 7) is 7.13. The first-order chi connectivity index (χ1) is 9.94.